The Labute approximate surface area is 83.2 Å². The monoisotopic (exact) mass is 208 g/mol. The molecule has 0 spiro atoms. The molecule has 5 heteroatoms. The molecule has 2 N–H and O–H groups in total. The minimum Gasteiger partial charge on any atom is -0.374 e. The molecule has 0 saturated carbocycles. The lowest BCUT2D eigenvalue weighted by molar-refractivity contribution is 0.00773. The van der Waals surface area contributed by atoms with Gasteiger partial charge in [0.2, 0.25) is 0 Å². The highest BCUT2D eigenvalue weighted by atomic mass is 19.3. The van der Waals surface area contributed by atoms with Crippen molar-refractivity contribution in [1.29, 1.82) is 0 Å². The van der Waals surface area contributed by atoms with Crippen LogP contribution in [-0.4, -0.2) is 50.2 Å². The minimum absolute atomic E-state index is 0.235. The summed E-state index contributed by atoms with van der Waals surface area (Å²) in [6.07, 6.45) is -0.205. The molecule has 1 fully saturated rings. The maximum Gasteiger partial charge on any atom is 0.261 e. The van der Waals surface area contributed by atoms with Crippen molar-refractivity contribution in [3.8, 4) is 0 Å². The smallest absolute Gasteiger partial charge is 0.261 e. The van der Waals surface area contributed by atoms with Crippen molar-refractivity contribution < 1.29 is 13.5 Å². The van der Waals surface area contributed by atoms with Crippen LogP contribution in [0.15, 0.2) is 0 Å². The Morgan fingerprint density at radius 2 is 2.29 bits per heavy atom. The van der Waals surface area contributed by atoms with Crippen LogP contribution >= 0.6 is 0 Å². The second kappa shape index (κ2) is 6.27. The average Bonchev–Trinajstić information content (AvgIpc) is 2.12. The van der Waals surface area contributed by atoms with E-state index in [4.69, 9.17) is 10.5 Å². The van der Waals surface area contributed by atoms with Gasteiger partial charge in [-0.15, -0.1) is 0 Å². The fourth-order valence-corrected chi connectivity index (χ4v) is 1.66. The van der Waals surface area contributed by atoms with E-state index in [0.29, 0.717) is 13.2 Å². The first-order valence-corrected chi connectivity index (χ1v) is 5.02. The van der Waals surface area contributed by atoms with Crippen molar-refractivity contribution in [3.05, 3.63) is 0 Å². The molecule has 14 heavy (non-hydrogen) atoms. The van der Waals surface area contributed by atoms with Crippen molar-refractivity contribution in [2.24, 2.45) is 5.73 Å². The maximum absolute atomic E-state index is 11.7. The zero-order chi connectivity index (χ0) is 10.4. The Bertz CT molecular complexity index is 158. The van der Waals surface area contributed by atoms with Crippen LogP contribution in [-0.2, 0) is 4.74 Å². The van der Waals surface area contributed by atoms with Gasteiger partial charge in [0.25, 0.3) is 6.43 Å². The average molecular weight is 208 g/mol. The van der Waals surface area contributed by atoms with Crippen molar-refractivity contribution in [1.82, 2.24) is 4.90 Å². The standard InChI is InChI=1S/C9H18F2N2O/c10-9(11)7-14-5-4-13-3-1-2-8(12)6-13/h8-9H,1-7,12H2/t8-/m1/s1. The van der Waals surface area contributed by atoms with Crippen LogP contribution in [0, 0.1) is 0 Å². The van der Waals surface area contributed by atoms with Gasteiger partial charge in [0, 0.05) is 19.1 Å². The number of likely N-dealkylation sites (tertiary alicyclic amines) is 1. The van der Waals surface area contributed by atoms with Crippen molar-refractivity contribution in [3.63, 3.8) is 0 Å². The lowest BCUT2D eigenvalue weighted by Crippen LogP contribution is -2.44. The van der Waals surface area contributed by atoms with Gasteiger partial charge < -0.3 is 10.5 Å². The summed E-state index contributed by atoms with van der Waals surface area (Å²) >= 11 is 0. The van der Waals surface area contributed by atoms with Gasteiger partial charge in [0.15, 0.2) is 0 Å². The van der Waals surface area contributed by atoms with Gasteiger partial charge in [0.1, 0.15) is 6.61 Å². The number of ether oxygens (including phenoxy) is 1. The third-order valence-corrected chi connectivity index (χ3v) is 2.34. The first kappa shape index (κ1) is 11.8. The van der Waals surface area contributed by atoms with Crippen LogP contribution in [0.5, 0.6) is 0 Å². The molecule has 0 radical (unpaired) electrons. The molecular weight excluding hydrogens is 190 g/mol. The Hall–Kier alpha value is -0.260. The Morgan fingerprint density at radius 3 is 2.93 bits per heavy atom. The van der Waals surface area contributed by atoms with Gasteiger partial charge in [-0.3, -0.25) is 4.90 Å². The molecule has 0 aromatic carbocycles. The molecule has 0 amide bonds. The Balaban J connectivity index is 2.00. The van der Waals surface area contributed by atoms with Crippen LogP contribution in [0.2, 0.25) is 0 Å². The van der Waals surface area contributed by atoms with E-state index < -0.39 is 13.0 Å². The lowest BCUT2D eigenvalue weighted by Gasteiger charge is -2.30. The SMILES string of the molecule is N[C@@H]1CCCN(CCOCC(F)F)C1. The van der Waals surface area contributed by atoms with E-state index in [2.05, 4.69) is 4.90 Å². The first-order chi connectivity index (χ1) is 6.68. The summed E-state index contributed by atoms with van der Waals surface area (Å²) in [6, 6.07) is 0.235. The minimum atomic E-state index is -2.36. The fourth-order valence-electron chi connectivity index (χ4n) is 1.66. The highest BCUT2D eigenvalue weighted by molar-refractivity contribution is 4.74. The van der Waals surface area contributed by atoms with Crippen molar-refractivity contribution in [2.75, 3.05) is 32.8 Å². The predicted molar refractivity (Wildman–Crippen MR) is 50.5 cm³/mol. The van der Waals surface area contributed by atoms with E-state index in [1.807, 2.05) is 0 Å². The molecule has 3 nitrogen and oxygen atoms in total. The van der Waals surface area contributed by atoms with E-state index in [1.54, 1.807) is 0 Å². The molecule has 1 aliphatic rings. The Morgan fingerprint density at radius 1 is 1.50 bits per heavy atom. The number of nitrogens with two attached hydrogens (primary N) is 1. The number of hydrogen-bond acceptors (Lipinski definition) is 3. The van der Waals surface area contributed by atoms with Crippen LogP contribution in [0.1, 0.15) is 12.8 Å². The summed E-state index contributed by atoms with van der Waals surface area (Å²) in [4.78, 5) is 2.17. The normalized spacial score (nSPS) is 24.4. The van der Waals surface area contributed by atoms with Gasteiger partial charge >= 0.3 is 0 Å². The molecule has 1 heterocycles. The zero-order valence-corrected chi connectivity index (χ0v) is 8.29. The topological polar surface area (TPSA) is 38.5 Å². The highest BCUT2D eigenvalue weighted by Crippen LogP contribution is 2.07. The summed E-state index contributed by atoms with van der Waals surface area (Å²) in [5.41, 5.74) is 5.78. The van der Waals surface area contributed by atoms with Crippen LogP contribution in [0.3, 0.4) is 0 Å². The molecular formula is C9H18F2N2O. The second-order valence-corrected chi connectivity index (χ2v) is 3.67. The number of alkyl halides is 2. The molecule has 1 aliphatic heterocycles. The quantitative estimate of drug-likeness (QED) is 0.676. The van der Waals surface area contributed by atoms with Gasteiger partial charge in [0.05, 0.1) is 6.61 Å². The third kappa shape index (κ3) is 4.83. The fraction of sp³-hybridized carbons (Fsp3) is 1.00. The second-order valence-electron chi connectivity index (χ2n) is 3.67. The Kier molecular flexibility index (Phi) is 5.29. The van der Waals surface area contributed by atoms with E-state index >= 15 is 0 Å². The van der Waals surface area contributed by atoms with Crippen LogP contribution < -0.4 is 5.73 Å². The number of nitrogens with zero attached hydrogens (tertiary/aromatic N) is 1. The lowest BCUT2D eigenvalue weighted by atomic mass is 10.1. The van der Waals surface area contributed by atoms with Crippen LogP contribution in [0.25, 0.3) is 0 Å². The van der Waals surface area contributed by atoms with Crippen LogP contribution in [0.4, 0.5) is 8.78 Å². The number of rotatable bonds is 5. The number of piperidine rings is 1. The summed E-state index contributed by atoms with van der Waals surface area (Å²) in [7, 11) is 0. The predicted octanol–water partition coefficient (Wildman–Crippen LogP) is 0.691. The van der Waals surface area contributed by atoms with E-state index in [9.17, 15) is 8.78 Å². The first-order valence-electron chi connectivity index (χ1n) is 5.02. The molecule has 0 unspecified atom stereocenters. The highest BCUT2D eigenvalue weighted by Gasteiger charge is 2.15. The molecule has 0 bridgehead atoms. The maximum atomic E-state index is 11.7. The zero-order valence-electron chi connectivity index (χ0n) is 8.29. The summed E-state index contributed by atoms with van der Waals surface area (Å²) in [5.74, 6) is 0. The molecule has 1 saturated heterocycles. The van der Waals surface area contributed by atoms with E-state index in [-0.39, 0.29) is 6.04 Å². The van der Waals surface area contributed by atoms with Gasteiger partial charge in [-0.2, -0.15) is 0 Å². The van der Waals surface area contributed by atoms with E-state index in [0.717, 1.165) is 25.9 Å². The molecule has 0 aliphatic carbocycles. The number of halogens is 2. The molecule has 0 aromatic rings. The molecule has 1 rings (SSSR count). The summed E-state index contributed by atoms with van der Waals surface area (Å²) in [5, 5.41) is 0. The largest absolute Gasteiger partial charge is 0.374 e. The van der Waals surface area contributed by atoms with Gasteiger partial charge in [-0.05, 0) is 19.4 Å². The molecule has 0 aromatic heterocycles. The molecule has 1 atom stereocenters. The summed E-state index contributed by atoms with van der Waals surface area (Å²) in [6.45, 7) is 2.49. The summed E-state index contributed by atoms with van der Waals surface area (Å²) < 4.78 is 28.2. The van der Waals surface area contributed by atoms with Gasteiger partial charge in [-0.25, -0.2) is 8.78 Å². The van der Waals surface area contributed by atoms with Crippen molar-refractivity contribution in [2.45, 2.75) is 25.3 Å². The third-order valence-electron chi connectivity index (χ3n) is 2.34. The van der Waals surface area contributed by atoms with Gasteiger partial charge in [-0.1, -0.05) is 0 Å². The molecule has 84 valence electrons. The van der Waals surface area contributed by atoms with Crippen molar-refractivity contribution >= 4 is 0 Å². The number of hydrogen-bond donors (Lipinski definition) is 1. The van der Waals surface area contributed by atoms with E-state index in [1.165, 1.54) is 0 Å².